The van der Waals surface area contributed by atoms with Gasteiger partial charge in [-0.25, -0.2) is 0 Å². The number of nitrogens with zero attached hydrogens (tertiary/aromatic N) is 1. The molecule has 0 saturated heterocycles. The Bertz CT molecular complexity index is 1180. The topological polar surface area (TPSA) is 38.8 Å². The molecule has 0 heterocycles. The Hall–Kier alpha value is -2.95. The van der Waals surface area contributed by atoms with E-state index < -0.39 is 11.6 Å². The molecule has 4 rings (SSSR count). The number of hydrogen-bond donors (Lipinski definition) is 0. The molecule has 1 aliphatic carbocycles. The molecule has 0 aliphatic heterocycles. The van der Waals surface area contributed by atoms with E-state index in [1.54, 1.807) is 0 Å². The van der Waals surface area contributed by atoms with Crippen molar-refractivity contribution in [1.82, 2.24) is 4.90 Å². The summed E-state index contributed by atoms with van der Waals surface area (Å²) in [6, 6.07) is 30.9. The zero-order valence-electron chi connectivity index (χ0n) is 27.2. The van der Waals surface area contributed by atoms with Gasteiger partial charge in [0.25, 0.3) is 0 Å². The number of ether oxygens (including phenoxy) is 2. The molecule has 1 aliphatic rings. The first-order valence-corrected chi connectivity index (χ1v) is 16.3. The Labute approximate surface area is 260 Å². The third-order valence-electron chi connectivity index (χ3n) is 8.83. The van der Waals surface area contributed by atoms with Crippen molar-refractivity contribution in [2.75, 3.05) is 6.61 Å². The summed E-state index contributed by atoms with van der Waals surface area (Å²) in [7, 11) is 0. The van der Waals surface area contributed by atoms with E-state index in [1.165, 1.54) is 24.0 Å². The Morgan fingerprint density at radius 3 is 1.88 bits per heavy atom. The molecule has 0 spiro atoms. The molecule has 4 nitrogen and oxygen atoms in total. The molecule has 0 aromatic heterocycles. The first-order valence-electron chi connectivity index (χ1n) is 16.3. The van der Waals surface area contributed by atoms with E-state index in [0.29, 0.717) is 37.5 Å². The third kappa shape index (κ3) is 10.0. The molecule has 1 saturated carbocycles. The fourth-order valence-corrected chi connectivity index (χ4v) is 6.68. The lowest BCUT2D eigenvalue weighted by atomic mass is 9.75. The second kappa shape index (κ2) is 15.7. The summed E-state index contributed by atoms with van der Waals surface area (Å²) in [5.74, 6) is 1.60. The molecule has 4 heteroatoms. The summed E-state index contributed by atoms with van der Waals surface area (Å²) in [6.45, 7) is 14.8. The summed E-state index contributed by atoms with van der Waals surface area (Å²) in [6.07, 6.45) is 4.63. The second-order valence-corrected chi connectivity index (χ2v) is 13.9. The van der Waals surface area contributed by atoms with Crippen LogP contribution in [-0.2, 0) is 27.4 Å². The van der Waals surface area contributed by atoms with Crippen LogP contribution in [0.5, 0.6) is 0 Å². The minimum absolute atomic E-state index is 0.0954. The van der Waals surface area contributed by atoms with Gasteiger partial charge in [-0.1, -0.05) is 118 Å². The highest BCUT2D eigenvalue weighted by atomic mass is 16.6. The van der Waals surface area contributed by atoms with Gasteiger partial charge in [0.1, 0.15) is 11.6 Å². The minimum Gasteiger partial charge on any atom is -0.459 e. The monoisotopic (exact) mass is 583 g/mol. The van der Waals surface area contributed by atoms with Crippen LogP contribution in [0.2, 0.25) is 0 Å². The summed E-state index contributed by atoms with van der Waals surface area (Å²) >= 11 is 0. The van der Waals surface area contributed by atoms with Crippen molar-refractivity contribution in [3.8, 4) is 0 Å². The molecule has 5 atom stereocenters. The van der Waals surface area contributed by atoms with Gasteiger partial charge in [-0.2, -0.15) is 0 Å². The van der Waals surface area contributed by atoms with Crippen LogP contribution in [0.25, 0.3) is 0 Å². The van der Waals surface area contributed by atoms with Crippen LogP contribution < -0.4 is 0 Å². The van der Waals surface area contributed by atoms with Crippen LogP contribution in [0.1, 0.15) is 89.8 Å². The minimum atomic E-state index is -0.596. The van der Waals surface area contributed by atoms with Gasteiger partial charge in [0.2, 0.25) is 0 Å². The van der Waals surface area contributed by atoms with Gasteiger partial charge in [-0.3, -0.25) is 9.69 Å². The first-order chi connectivity index (χ1) is 20.6. The predicted octanol–water partition coefficient (Wildman–Crippen LogP) is 9.05. The molecule has 0 amide bonds. The van der Waals surface area contributed by atoms with Gasteiger partial charge in [0, 0.05) is 25.6 Å². The number of benzene rings is 3. The lowest BCUT2D eigenvalue weighted by Gasteiger charge is -2.39. The number of carbonyl (C=O) groups excluding carboxylic acids is 1. The van der Waals surface area contributed by atoms with Crippen molar-refractivity contribution in [2.24, 2.45) is 17.8 Å². The van der Waals surface area contributed by atoms with E-state index in [1.807, 2.05) is 39.0 Å². The van der Waals surface area contributed by atoms with E-state index in [-0.39, 0.29) is 18.0 Å². The zero-order chi connectivity index (χ0) is 30.8. The van der Waals surface area contributed by atoms with Gasteiger partial charge >= 0.3 is 5.97 Å². The van der Waals surface area contributed by atoms with Crippen molar-refractivity contribution in [3.63, 3.8) is 0 Å². The zero-order valence-corrected chi connectivity index (χ0v) is 27.2. The van der Waals surface area contributed by atoms with Crippen molar-refractivity contribution in [2.45, 2.75) is 104 Å². The second-order valence-electron chi connectivity index (χ2n) is 13.9. The molecule has 0 bridgehead atoms. The maximum Gasteiger partial charge on any atom is 0.324 e. The van der Waals surface area contributed by atoms with Crippen molar-refractivity contribution in [1.29, 1.82) is 0 Å². The van der Waals surface area contributed by atoms with E-state index in [4.69, 9.17) is 9.47 Å². The fraction of sp³-hybridized carbons (Fsp3) is 0.513. The Morgan fingerprint density at radius 1 is 0.837 bits per heavy atom. The molecular formula is C39H53NO3. The van der Waals surface area contributed by atoms with E-state index in [9.17, 15) is 4.79 Å². The van der Waals surface area contributed by atoms with Crippen LogP contribution in [0, 0.1) is 17.8 Å². The maximum atomic E-state index is 14.3. The Balaban J connectivity index is 1.70. The van der Waals surface area contributed by atoms with Crippen LogP contribution in [0.3, 0.4) is 0 Å². The van der Waals surface area contributed by atoms with Crippen molar-refractivity contribution < 1.29 is 14.3 Å². The Morgan fingerprint density at radius 2 is 1.37 bits per heavy atom. The van der Waals surface area contributed by atoms with Crippen LogP contribution in [0.15, 0.2) is 91.0 Å². The highest BCUT2D eigenvalue weighted by Gasteiger charge is 2.38. The lowest BCUT2D eigenvalue weighted by molar-refractivity contribution is -0.163. The smallest absolute Gasteiger partial charge is 0.324 e. The number of rotatable bonds is 13. The summed E-state index contributed by atoms with van der Waals surface area (Å²) in [4.78, 5) is 16.7. The molecule has 1 fully saturated rings. The van der Waals surface area contributed by atoms with Crippen LogP contribution >= 0.6 is 0 Å². The van der Waals surface area contributed by atoms with E-state index >= 15 is 0 Å². The van der Waals surface area contributed by atoms with Crippen molar-refractivity contribution >= 4 is 5.97 Å². The molecular weight excluding hydrogens is 530 g/mol. The van der Waals surface area contributed by atoms with Gasteiger partial charge in [-0.15, -0.1) is 0 Å². The molecule has 3 aromatic carbocycles. The molecule has 0 radical (unpaired) electrons. The average Bonchev–Trinajstić information content (AvgIpc) is 2.97. The Kier molecular flexibility index (Phi) is 12.0. The molecule has 232 valence electrons. The molecule has 0 unspecified atom stereocenters. The van der Waals surface area contributed by atoms with Gasteiger partial charge in [0.15, 0.2) is 0 Å². The van der Waals surface area contributed by atoms with E-state index in [2.05, 4.69) is 98.5 Å². The summed E-state index contributed by atoms with van der Waals surface area (Å²) in [5.41, 5.74) is 2.89. The summed E-state index contributed by atoms with van der Waals surface area (Å²) < 4.78 is 13.0. The third-order valence-corrected chi connectivity index (χ3v) is 8.83. The highest BCUT2D eigenvalue weighted by molar-refractivity contribution is 5.77. The predicted molar refractivity (Wildman–Crippen MR) is 177 cm³/mol. The van der Waals surface area contributed by atoms with Gasteiger partial charge in [-0.05, 0) is 74.5 Å². The molecule has 0 N–H and O–H groups in total. The summed E-state index contributed by atoms with van der Waals surface area (Å²) in [5, 5.41) is 0. The standard InChI is InChI=1S/C39H53NO3/c1-29(2)34-23-22-30(3)26-36(34)42-25-24-35(33-20-14-9-15-21-33)37(38(41)43-39(4,5)6)40(27-31-16-10-7-11-17-31)28-32-18-12-8-13-19-32/h7-21,29-30,34-37H,22-28H2,1-6H3/t30-,34+,35-,36-,37-/m0/s1. The molecule has 43 heavy (non-hydrogen) atoms. The van der Waals surface area contributed by atoms with Gasteiger partial charge < -0.3 is 9.47 Å². The average molecular weight is 584 g/mol. The first kappa shape index (κ1) is 33.0. The largest absolute Gasteiger partial charge is 0.459 e. The lowest BCUT2D eigenvalue weighted by Crippen LogP contribution is -2.47. The number of carbonyl (C=O) groups is 1. The van der Waals surface area contributed by atoms with Crippen LogP contribution in [-0.4, -0.2) is 35.2 Å². The van der Waals surface area contributed by atoms with Crippen molar-refractivity contribution in [3.05, 3.63) is 108 Å². The maximum absolute atomic E-state index is 14.3. The normalized spacial score (nSPS) is 20.6. The highest BCUT2D eigenvalue weighted by Crippen LogP contribution is 2.37. The van der Waals surface area contributed by atoms with Gasteiger partial charge in [0.05, 0.1) is 6.10 Å². The fourth-order valence-electron chi connectivity index (χ4n) is 6.68. The quantitative estimate of drug-likeness (QED) is 0.188. The van der Waals surface area contributed by atoms with E-state index in [0.717, 1.165) is 18.4 Å². The SMILES string of the molecule is CC(C)[C@H]1CC[C@H](C)C[C@@H]1OCC[C@@H](c1ccccc1)[C@@H](C(=O)OC(C)(C)C)N(Cc1ccccc1)Cc1ccccc1. The number of hydrogen-bond acceptors (Lipinski definition) is 4. The molecule has 3 aromatic rings. The van der Waals surface area contributed by atoms with Crippen LogP contribution in [0.4, 0.5) is 0 Å². The number of esters is 1.